The number of halogens is 1. The van der Waals surface area contributed by atoms with Crippen molar-refractivity contribution in [2.75, 3.05) is 19.3 Å². The van der Waals surface area contributed by atoms with Crippen molar-refractivity contribution in [1.82, 2.24) is 10.6 Å². The number of nitrogens with one attached hydrogen (secondary N) is 2. The van der Waals surface area contributed by atoms with Crippen LogP contribution >= 0.6 is 24.0 Å². The summed E-state index contributed by atoms with van der Waals surface area (Å²) in [5, 5.41) is 7.51. The minimum absolute atomic E-state index is 0. The molecule has 0 spiro atoms. The number of hydrogen-bond acceptors (Lipinski definition) is 2. The Kier molecular flexibility index (Phi) is 12.4. The van der Waals surface area contributed by atoms with Gasteiger partial charge in [-0.2, -0.15) is 0 Å². The highest BCUT2D eigenvalue weighted by Crippen LogP contribution is 2.23. The van der Waals surface area contributed by atoms with Gasteiger partial charge in [0.1, 0.15) is 0 Å². The van der Waals surface area contributed by atoms with Gasteiger partial charge in [0, 0.05) is 41.4 Å². The van der Waals surface area contributed by atoms with Crippen molar-refractivity contribution in [2.45, 2.75) is 88.8 Å². The van der Waals surface area contributed by atoms with Crippen molar-refractivity contribution in [3.63, 3.8) is 0 Å². The lowest BCUT2D eigenvalue weighted by atomic mass is 9.91. The van der Waals surface area contributed by atoms with E-state index in [2.05, 4.69) is 15.6 Å². The minimum Gasteiger partial charge on any atom is -0.356 e. The summed E-state index contributed by atoms with van der Waals surface area (Å²) in [7, 11) is 1.20. The lowest BCUT2D eigenvalue weighted by Gasteiger charge is -2.30. The normalized spacial score (nSPS) is 27.5. The summed E-state index contributed by atoms with van der Waals surface area (Å²) in [6.07, 6.45) is 14.2. The molecular weight excluding hydrogens is 445 g/mol. The number of rotatable bonds is 5. The monoisotopic (exact) mass is 483 g/mol. The molecule has 6 heteroatoms. The third-order valence-electron chi connectivity index (χ3n) is 5.63. The van der Waals surface area contributed by atoms with Gasteiger partial charge in [0.2, 0.25) is 0 Å². The van der Waals surface area contributed by atoms with E-state index < -0.39 is 10.8 Å². The van der Waals surface area contributed by atoms with Crippen LogP contribution in [-0.4, -0.2) is 40.8 Å². The summed E-state index contributed by atoms with van der Waals surface area (Å²) in [6.45, 7) is 3.07. The summed E-state index contributed by atoms with van der Waals surface area (Å²) in [4.78, 5) is 4.42. The van der Waals surface area contributed by atoms with Gasteiger partial charge in [-0.3, -0.25) is 9.20 Å². The molecule has 3 unspecified atom stereocenters. The first-order valence-electron chi connectivity index (χ1n) is 10.1. The van der Waals surface area contributed by atoms with E-state index in [0.29, 0.717) is 11.3 Å². The Hall–Kier alpha value is 0.150. The van der Waals surface area contributed by atoms with E-state index in [4.69, 9.17) is 0 Å². The molecule has 2 rings (SSSR count). The van der Waals surface area contributed by atoms with E-state index in [1.807, 2.05) is 14.0 Å². The first-order chi connectivity index (χ1) is 11.7. The Morgan fingerprint density at radius 1 is 1.04 bits per heavy atom. The maximum absolute atomic E-state index is 12.1. The number of hydrogen-bond donors (Lipinski definition) is 2. The molecule has 3 atom stereocenters. The second kappa shape index (κ2) is 13.3. The molecule has 2 saturated carbocycles. The van der Waals surface area contributed by atoms with E-state index in [1.54, 1.807) is 0 Å². The van der Waals surface area contributed by atoms with Crippen LogP contribution in [-0.2, 0) is 10.8 Å². The fourth-order valence-corrected chi connectivity index (χ4v) is 5.47. The summed E-state index contributed by atoms with van der Waals surface area (Å²) in [5.74, 6) is 2.51. The predicted molar refractivity (Wildman–Crippen MR) is 120 cm³/mol. The molecule has 148 valence electrons. The zero-order valence-electron chi connectivity index (χ0n) is 16.1. The summed E-state index contributed by atoms with van der Waals surface area (Å²) in [5.41, 5.74) is 0. The molecule has 0 radical (unpaired) electrons. The van der Waals surface area contributed by atoms with Gasteiger partial charge in [-0.05, 0) is 38.0 Å². The smallest absolute Gasteiger partial charge is 0.191 e. The molecule has 0 heterocycles. The van der Waals surface area contributed by atoms with E-state index in [9.17, 15) is 4.21 Å². The predicted octanol–water partition coefficient (Wildman–Crippen LogP) is 4.21. The highest BCUT2D eigenvalue weighted by molar-refractivity contribution is 14.0. The van der Waals surface area contributed by atoms with Crippen LogP contribution in [0.25, 0.3) is 0 Å². The zero-order valence-corrected chi connectivity index (χ0v) is 19.2. The molecule has 25 heavy (non-hydrogen) atoms. The Balaban J connectivity index is 0.00000312. The number of nitrogens with zero attached hydrogens (tertiary/aromatic N) is 1. The van der Waals surface area contributed by atoms with Crippen LogP contribution in [0.4, 0.5) is 0 Å². The van der Waals surface area contributed by atoms with Crippen LogP contribution in [0.3, 0.4) is 0 Å². The average Bonchev–Trinajstić information content (AvgIpc) is 2.59. The Morgan fingerprint density at radius 3 is 2.36 bits per heavy atom. The highest BCUT2D eigenvalue weighted by atomic mass is 127. The van der Waals surface area contributed by atoms with Gasteiger partial charge in [0.15, 0.2) is 5.96 Å². The maximum atomic E-state index is 12.1. The average molecular weight is 484 g/mol. The van der Waals surface area contributed by atoms with Crippen molar-refractivity contribution in [2.24, 2.45) is 10.9 Å². The molecule has 0 amide bonds. The minimum atomic E-state index is -0.662. The largest absolute Gasteiger partial charge is 0.356 e. The molecular formula is C19H38IN3OS. The first kappa shape index (κ1) is 23.2. The molecule has 2 aliphatic rings. The third-order valence-corrected chi connectivity index (χ3v) is 7.37. The molecule has 4 nitrogen and oxygen atoms in total. The van der Waals surface area contributed by atoms with Crippen molar-refractivity contribution >= 4 is 40.7 Å². The first-order valence-corrected chi connectivity index (χ1v) is 11.5. The standard InChI is InChI=1S/C19H37N3OS.HI/c1-3-24(23)18-13-9-12-17(14-18)22-19(20-2)21-15-16-10-7-5-4-6-8-11-16;/h16-18H,3-15H2,1-2H3,(H2,20,21,22);1H. The molecule has 0 saturated heterocycles. The highest BCUT2D eigenvalue weighted by Gasteiger charge is 2.26. The van der Waals surface area contributed by atoms with Gasteiger partial charge >= 0.3 is 0 Å². The SMILES string of the molecule is CCS(=O)C1CCCC(NC(=NC)NCC2CCCCCCC2)C1.I. The fraction of sp³-hybridized carbons (Fsp3) is 0.947. The fourth-order valence-electron chi connectivity index (χ4n) is 4.12. The van der Waals surface area contributed by atoms with Gasteiger partial charge in [0.05, 0.1) is 0 Å². The van der Waals surface area contributed by atoms with Gasteiger partial charge < -0.3 is 10.6 Å². The quantitative estimate of drug-likeness (QED) is 0.350. The summed E-state index contributed by atoms with van der Waals surface area (Å²) < 4.78 is 12.1. The van der Waals surface area contributed by atoms with E-state index >= 15 is 0 Å². The van der Waals surface area contributed by atoms with Crippen LogP contribution in [0.5, 0.6) is 0 Å². The second-order valence-corrected chi connectivity index (χ2v) is 9.47. The van der Waals surface area contributed by atoms with Crippen LogP contribution in [0.1, 0.15) is 77.6 Å². The lowest BCUT2D eigenvalue weighted by molar-refractivity contribution is 0.371. The lowest BCUT2D eigenvalue weighted by Crippen LogP contribution is -2.47. The number of guanidine groups is 1. The van der Waals surface area contributed by atoms with Gasteiger partial charge in [-0.15, -0.1) is 24.0 Å². The molecule has 2 N–H and O–H groups in total. The zero-order chi connectivity index (χ0) is 17.2. The summed E-state index contributed by atoms with van der Waals surface area (Å²) >= 11 is 0. The second-order valence-electron chi connectivity index (χ2n) is 7.46. The third kappa shape index (κ3) is 8.59. The molecule has 0 aromatic heterocycles. The molecule has 2 aliphatic carbocycles. The Labute approximate surface area is 174 Å². The molecule has 2 fully saturated rings. The van der Waals surface area contributed by atoms with Gasteiger partial charge in [0.25, 0.3) is 0 Å². The summed E-state index contributed by atoms with van der Waals surface area (Å²) in [6, 6.07) is 0.419. The molecule has 0 aromatic rings. The maximum Gasteiger partial charge on any atom is 0.191 e. The van der Waals surface area contributed by atoms with Crippen molar-refractivity contribution in [3.8, 4) is 0 Å². The van der Waals surface area contributed by atoms with E-state index in [1.165, 1.54) is 57.8 Å². The van der Waals surface area contributed by atoms with Crippen molar-refractivity contribution < 1.29 is 4.21 Å². The topological polar surface area (TPSA) is 53.5 Å². The van der Waals surface area contributed by atoms with Crippen LogP contribution in [0.2, 0.25) is 0 Å². The van der Waals surface area contributed by atoms with Gasteiger partial charge in [-0.1, -0.05) is 45.4 Å². The Bertz CT molecular complexity index is 411. The molecule has 0 aliphatic heterocycles. The van der Waals surface area contributed by atoms with Crippen LogP contribution < -0.4 is 10.6 Å². The number of aliphatic imine (C=N–C) groups is 1. The van der Waals surface area contributed by atoms with E-state index in [0.717, 1.165) is 37.0 Å². The van der Waals surface area contributed by atoms with Gasteiger partial charge in [-0.25, -0.2) is 0 Å². The Morgan fingerprint density at radius 2 is 1.72 bits per heavy atom. The van der Waals surface area contributed by atoms with Crippen molar-refractivity contribution in [3.05, 3.63) is 0 Å². The van der Waals surface area contributed by atoms with E-state index in [-0.39, 0.29) is 24.0 Å². The van der Waals surface area contributed by atoms with Crippen LogP contribution in [0.15, 0.2) is 4.99 Å². The molecule has 0 aromatic carbocycles. The van der Waals surface area contributed by atoms with Crippen molar-refractivity contribution in [1.29, 1.82) is 0 Å². The van der Waals surface area contributed by atoms with Crippen LogP contribution in [0, 0.1) is 5.92 Å². The molecule has 0 bridgehead atoms.